The van der Waals surface area contributed by atoms with Gasteiger partial charge in [0, 0.05) is 19.0 Å². The van der Waals surface area contributed by atoms with E-state index in [-0.39, 0.29) is 6.61 Å². The molecule has 25 heavy (non-hydrogen) atoms. The molecule has 8 heteroatoms. The van der Waals surface area contributed by atoms with E-state index in [1.54, 1.807) is 12.4 Å². The second-order valence-electron chi connectivity index (χ2n) is 5.94. The second kappa shape index (κ2) is 7.98. The molecule has 1 aliphatic heterocycles. The Labute approximate surface area is 146 Å². The molecular formula is C17H23N5O3. The van der Waals surface area contributed by atoms with Gasteiger partial charge in [-0.25, -0.2) is 9.67 Å². The molecule has 134 valence electrons. The maximum atomic E-state index is 10.9. The zero-order valence-electron chi connectivity index (χ0n) is 14.3. The van der Waals surface area contributed by atoms with E-state index >= 15 is 0 Å². The predicted molar refractivity (Wildman–Crippen MR) is 91.3 cm³/mol. The van der Waals surface area contributed by atoms with E-state index in [2.05, 4.69) is 15.4 Å². The van der Waals surface area contributed by atoms with E-state index in [0.717, 1.165) is 30.8 Å². The lowest BCUT2D eigenvalue weighted by molar-refractivity contribution is -0.119. The molecule has 0 unspecified atom stereocenters. The summed E-state index contributed by atoms with van der Waals surface area (Å²) in [6.45, 7) is 3.79. The Hall–Kier alpha value is -2.61. The highest BCUT2D eigenvalue weighted by Crippen LogP contribution is 2.28. The zero-order chi connectivity index (χ0) is 17.6. The molecule has 3 rings (SSSR count). The van der Waals surface area contributed by atoms with Gasteiger partial charge in [0.1, 0.15) is 12.2 Å². The van der Waals surface area contributed by atoms with Crippen LogP contribution in [-0.4, -0.2) is 39.9 Å². The summed E-state index contributed by atoms with van der Waals surface area (Å²) < 4.78 is 13.0. The number of nitrogens with one attached hydrogen (secondary N) is 1. The normalized spacial score (nSPS) is 16.3. The third kappa shape index (κ3) is 4.48. The highest BCUT2D eigenvalue weighted by atomic mass is 16.5. The van der Waals surface area contributed by atoms with Crippen LogP contribution in [0.2, 0.25) is 0 Å². The number of fused-ring (bicyclic) bond motifs is 1. The van der Waals surface area contributed by atoms with Crippen LogP contribution in [-0.2, 0) is 24.3 Å². The van der Waals surface area contributed by atoms with Crippen molar-refractivity contribution in [3.05, 3.63) is 35.9 Å². The van der Waals surface area contributed by atoms with Gasteiger partial charge in [-0.15, -0.1) is 0 Å². The van der Waals surface area contributed by atoms with Gasteiger partial charge in [-0.1, -0.05) is 6.07 Å². The number of rotatable bonds is 8. The topological polar surface area (TPSA) is 104 Å². The van der Waals surface area contributed by atoms with Crippen molar-refractivity contribution in [3.8, 4) is 11.5 Å². The summed E-state index contributed by atoms with van der Waals surface area (Å²) >= 11 is 0. The number of primary amides is 1. The van der Waals surface area contributed by atoms with Crippen LogP contribution in [0.1, 0.15) is 24.7 Å². The van der Waals surface area contributed by atoms with Gasteiger partial charge < -0.3 is 20.5 Å². The molecule has 1 aromatic carbocycles. The van der Waals surface area contributed by atoms with Crippen LogP contribution in [0.5, 0.6) is 11.5 Å². The number of aryl methyl sites for hydroxylation is 1. The smallest absolute Gasteiger partial charge is 0.255 e. The van der Waals surface area contributed by atoms with Crippen molar-refractivity contribution in [2.75, 3.05) is 13.2 Å². The summed E-state index contributed by atoms with van der Waals surface area (Å²) in [7, 11) is 0. The average Bonchev–Trinajstić information content (AvgIpc) is 3.07. The number of benzene rings is 1. The van der Waals surface area contributed by atoms with E-state index in [0.29, 0.717) is 30.7 Å². The minimum Gasteiger partial charge on any atom is -0.490 e. The lowest BCUT2D eigenvalue weighted by atomic mass is 10.1. The molecule has 2 heterocycles. The van der Waals surface area contributed by atoms with E-state index < -0.39 is 5.91 Å². The van der Waals surface area contributed by atoms with Crippen LogP contribution in [0.15, 0.2) is 24.5 Å². The van der Waals surface area contributed by atoms with Crippen molar-refractivity contribution >= 4 is 5.91 Å². The molecule has 1 amide bonds. The van der Waals surface area contributed by atoms with Crippen LogP contribution in [0.25, 0.3) is 0 Å². The van der Waals surface area contributed by atoms with E-state index in [1.807, 2.05) is 23.7 Å². The Morgan fingerprint density at radius 1 is 1.40 bits per heavy atom. The number of carbonyl (C=O) groups is 1. The van der Waals surface area contributed by atoms with Crippen molar-refractivity contribution < 1.29 is 14.3 Å². The van der Waals surface area contributed by atoms with Crippen molar-refractivity contribution in [3.63, 3.8) is 0 Å². The van der Waals surface area contributed by atoms with E-state index in [9.17, 15) is 4.79 Å². The molecule has 0 radical (unpaired) electrons. The molecular weight excluding hydrogens is 322 g/mol. The van der Waals surface area contributed by atoms with E-state index in [4.69, 9.17) is 15.2 Å². The second-order valence-corrected chi connectivity index (χ2v) is 5.94. The number of amides is 1. The number of carbonyl (C=O) groups excluding carboxylic acids is 1. The fourth-order valence-electron chi connectivity index (χ4n) is 2.87. The summed E-state index contributed by atoms with van der Waals surface area (Å²) in [6, 6.07) is 6.04. The van der Waals surface area contributed by atoms with Crippen molar-refractivity contribution in [2.45, 2.75) is 38.9 Å². The molecule has 1 aromatic heterocycles. The van der Waals surface area contributed by atoms with Gasteiger partial charge >= 0.3 is 0 Å². The third-order valence-corrected chi connectivity index (χ3v) is 4.08. The molecule has 0 saturated carbocycles. The summed E-state index contributed by atoms with van der Waals surface area (Å²) in [6.07, 6.45) is 3.58. The summed E-state index contributed by atoms with van der Waals surface area (Å²) in [5, 5.41) is 7.79. The standard InChI is InChI=1S/C17H23N5O3/c1-2-24-15-7-12(3-5-14(15)25-10-16(18)23)8-19-13-4-6-17-20-11-21-22(17)9-13/h3,5,7,11,13,19H,2,4,6,8-10H2,1H3,(H2,18,23)/t13-/m0/s1. The Morgan fingerprint density at radius 3 is 3.08 bits per heavy atom. The van der Waals surface area contributed by atoms with Gasteiger partial charge in [-0.3, -0.25) is 4.79 Å². The van der Waals surface area contributed by atoms with Crippen LogP contribution in [0.4, 0.5) is 0 Å². The fraction of sp³-hybridized carbons (Fsp3) is 0.471. The van der Waals surface area contributed by atoms with Gasteiger partial charge in [0.05, 0.1) is 13.2 Å². The molecule has 8 nitrogen and oxygen atoms in total. The number of aromatic nitrogens is 3. The molecule has 0 saturated heterocycles. The molecule has 3 N–H and O–H groups in total. The van der Waals surface area contributed by atoms with Gasteiger partial charge in [0.25, 0.3) is 5.91 Å². The van der Waals surface area contributed by atoms with Gasteiger partial charge in [-0.05, 0) is 31.0 Å². The van der Waals surface area contributed by atoms with Crippen LogP contribution in [0, 0.1) is 0 Å². The zero-order valence-corrected chi connectivity index (χ0v) is 14.3. The first-order valence-corrected chi connectivity index (χ1v) is 8.42. The molecule has 1 atom stereocenters. The van der Waals surface area contributed by atoms with Gasteiger partial charge in [-0.2, -0.15) is 5.10 Å². The lowest BCUT2D eigenvalue weighted by Crippen LogP contribution is -2.37. The largest absolute Gasteiger partial charge is 0.490 e. The highest BCUT2D eigenvalue weighted by molar-refractivity contribution is 5.75. The maximum Gasteiger partial charge on any atom is 0.255 e. The number of hydrogen-bond donors (Lipinski definition) is 2. The average molecular weight is 345 g/mol. The molecule has 0 fully saturated rings. The minimum absolute atomic E-state index is 0.167. The number of nitrogens with two attached hydrogens (primary N) is 1. The predicted octanol–water partition coefficient (Wildman–Crippen LogP) is 0.646. The molecule has 1 aliphatic rings. The van der Waals surface area contributed by atoms with Crippen molar-refractivity contribution in [1.29, 1.82) is 0 Å². The Kier molecular flexibility index (Phi) is 5.49. The number of nitrogens with zero attached hydrogens (tertiary/aromatic N) is 3. The van der Waals surface area contributed by atoms with Crippen LogP contribution >= 0.6 is 0 Å². The van der Waals surface area contributed by atoms with Gasteiger partial charge in [0.2, 0.25) is 0 Å². The molecule has 2 aromatic rings. The minimum atomic E-state index is -0.516. The third-order valence-electron chi connectivity index (χ3n) is 4.08. The first kappa shape index (κ1) is 17.2. The SMILES string of the molecule is CCOc1cc(CN[C@H]2CCc3ncnn3C2)ccc1OCC(N)=O. The summed E-state index contributed by atoms with van der Waals surface area (Å²) in [5.41, 5.74) is 6.21. The molecule has 0 spiro atoms. The number of hydrogen-bond acceptors (Lipinski definition) is 6. The fourth-order valence-corrected chi connectivity index (χ4v) is 2.87. The summed E-state index contributed by atoms with van der Waals surface area (Å²) in [5.74, 6) is 1.67. The highest BCUT2D eigenvalue weighted by Gasteiger charge is 2.19. The van der Waals surface area contributed by atoms with Crippen molar-refractivity contribution in [2.24, 2.45) is 5.73 Å². The van der Waals surface area contributed by atoms with Gasteiger partial charge in [0.15, 0.2) is 18.1 Å². The first-order chi connectivity index (χ1) is 12.2. The molecule has 0 bridgehead atoms. The Balaban J connectivity index is 1.60. The first-order valence-electron chi connectivity index (χ1n) is 8.42. The van der Waals surface area contributed by atoms with Crippen LogP contribution in [0.3, 0.4) is 0 Å². The van der Waals surface area contributed by atoms with Crippen molar-refractivity contribution in [1.82, 2.24) is 20.1 Å². The summed E-state index contributed by atoms with van der Waals surface area (Å²) in [4.78, 5) is 15.1. The monoisotopic (exact) mass is 345 g/mol. The number of ether oxygens (including phenoxy) is 2. The quantitative estimate of drug-likeness (QED) is 0.728. The lowest BCUT2D eigenvalue weighted by Gasteiger charge is -2.24. The Morgan fingerprint density at radius 2 is 2.28 bits per heavy atom. The maximum absolute atomic E-state index is 10.9. The Bertz CT molecular complexity index is 731. The molecule has 0 aliphatic carbocycles. The van der Waals surface area contributed by atoms with E-state index in [1.165, 1.54) is 0 Å². The van der Waals surface area contributed by atoms with Crippen LogP contribution < -0.4 is 20.5 Å².